The van der Waals surface area contributed by atoms with E-state index in [2.05, 4.69) is 59.9 Å². The zero-order valence-corrected chi connectivity index (χ0v) is 13.3. The van der Waals surface area contributed by atoms with E-state index in [0.717, 1.165) is 18.5 Å². The summed E-state index contributed by atoms with van der Waals surface area (Å²) in [7, 11) is 0. The Balaban J connectivity index is 2.06. The van der Waals surface area contributed by atoms with Crippen molar-refractivity contribution in [3.63, 3.8) is 0 Å². The zero-order chi connectivity index (χ0) is 14.7. The van der Waals surface area contributed by atoms with E-state index in [-0.39, 0.29) is 6.04 Å². The van der Waals surface area contributed by atoms with Crippen molar-refractivity contribution in [1.82, 2.24) is 10.3 Å². The second-order valence-electron chi connectivity index (χ2n) is 5.11. The second-order valence-corrected chi connectivity index (χ2v) is 6.06. The third-order valence-corrected chi connectivity index (χ3v) is 4.82. The van der Waals surface area contributed by atoms with Crippen molar-refractivity contribution < 1.29 is 0 Å². The lowest BCUT2D eigenvalue weighted by atomic mass is 9.99. The first-order valence-corrected chi connectivity index (χ1v) is 8.35. The minimum atomic E-state index is 0.273. The van der Waals surface area contributed by atoms with E-state index in [9.17, 15) is 0 Å². The molecule has 2 heterocycles. The van der Waals surface area contributed by atoms with Gasteiger partial charge in [-0.15, -0.1) is 11.3 Å². The maximum Gasteiger partial charge on any atom is 0.0702 e. The molecule has 0 amide bonds. The van der Waals surface area contributed by atoms with Gasteiger partial charge in [0.2, 0.25) is 0 Å². The van der Waals surface area contributed by atoms with Crippen molar-refractivity contribution in [3.05, 3.63) is 64.0 Å². The van der Waals surface area contributed by atoms with E-state index in [0.29, 0.717) is 0 Å². The van der Waals surface area contributed by atoms with Crippen molar-refractivity contribution in [1.29, 1.82) is 0 Å². The number of hydrogen-bond acceptors (Lipinski definition) is 3. The second kappa shape index (κ2) is 6.37. The van der Waals surface area contributed by atoms with Gasteiger partial charge < -0.3 is 5.32 Å². The summed E-state index contributed by atoms with van der Waals surface area (Å²) in [5.41, 5.74) is 3.81. The number of aromatic nitrogens is 1. The van der Waals surface area contributed by atoms with E-state index in [1.54, 1.807) is 0 Å². The number of benzene rings is 1. The third-order valence-electron chi connectivity index (χ3n) is 3.79. The Bertz CT molecular complexity index is 733. The van der Waals surface area contributed by atoms with Crippen molar-refractivity contribution >= 4 is 22.2 Å². The predicted octanol–water partition coefficient (Wildman–Crippen LogP) is 4.56. The molecule has 3 aromatic rings. The zero-order valence-electron chi connectivity index (χ0n) is 12.5. The lowest BCUT2D eigenvalue weighted by Gasteiger charge is -2.19. The number of aryl methyl sites for hydroxylation is 1. The van der Waals surface area contributed by atoms with E-state index in [4.69, 9.17) is 0 Å². The monoisotopic (exact) mass is 296 g/mol. The minimum absolute atomic E-state index is 0.273. The Kier molecular flexibility index (Phi) is 4.32. The summed E-state index contributed by atoms with van der Waals surface area (Å²) < 4.78 is 0. The molecule has 3 heteroatoms. The maximum absolute atomic E-state index is 4.41. The molecule has 0 saturated heterocycles. The van der Waals surface area contributed by atoms with Crippen LogP contribution in [0.5, 0.6) is 0 Å². The molecule has 0 aliphatic heterocycles. The highest BCUT2D eigenvalue weighted by atomic mass is 32.1. The molecule has 0 bridgehead atoms. The van der Waals surface area contributed by atoms with Crippen LogP contribution in [0, 0.1) is 0 Å². The molecule has 0 aliphatic carbocycles. The molecule has 0 spiro atoms. The Morgan fingerprint density at radius 3 is 2.90 bits per heavy atom. The molecule has 0 aliphatic rings. The third kappa shape index (κ3) is 2.85. The fraction of sp³-hybridized carbons (Fsp3) is 0.278. The minimum Gasteiger partial charge on any atom is -0.306 e. The van der Waals surface area contributed by atoms with Crippen molar-refractivity contribution in [3.8, 4) is 0 Å². The number of thiophene rings is 1. The van der Waals surface area contributed by atoms with E-state index >= 15 is 0 Å². The van der Waals surface area contributed by atoms with Crippen LogP contribution >= 0.6 is 11.3 Å². The lowest BCUT2D eigenvalue weighted by molar-refractivity contribution is 0.636. The quantitative estimate of drug-likeness (QED) is 0.746. The molecule has 0 radical (unpaired) electrons. The summed E-state index contributed by atoms with van der Waals surface area (Å²) in [5.74, 6) is 0. The Hall–Kier alpha value is -1.71. The van der Waals surface area contributed by atoms with Crippen LogP contribution in [0.2, 0.25) is 0 Å². The van der Waals surface area contributed by atoms with E-state index < -0.39 is 0 Å². The molecule has 1 unspecified atom stereocenters. The Morgan fingerprint density at radius 2 is 2.10 bits per heavy atom. The molecule has 3 rings (SSSR count). The average molecular weight is 296 g/mol. The van der Waals surface area contributed by atoms with Gasteiger partial charge in [-0.3, -0.25) is 4.98 Å². The van der Waals surface area contributed by atoms with Crippen molar-refractivity contribution in [2.24, 2.45) is 0 Å². The molecule has 0 fully saturated rings. The molecule has 108 valence electrons. The molecule has 1 atom stereocenters. The SMILES string of the molecule is CCNC(c1ccc2ncccc2c1)c1sccc1CC. The number of fused-ring (bicyclic) bond motifs is 1. The van der Waals surface area contributed by atoms with Crippen LogP contribution in [0.3, 0.4) is 0 Å². The predicted molar refractivity (Wildman–Crippen MR) is 91.0 cm³/mol. The van der Waals surface area contributed by atoms with Crippen LogP contribution in [0.4, 0.5) is 0 Å². The molecular weight excluding hydrogens is 276 g/mol. The van der Waals surface area contributed by atoms with Gasteiger partial charge in [-0.1, -0.05) is 26.0 Å². The Labute approximate surface area is 129 Å². The molecule has 1 N–H and O–H groups in total. The van der Waals surface area contributed by atoms with Crippen LogP contribution in [0.25, 0.3) is 10.9 Å². The fourth-order valence-electron chi connectivity index (χ4n) is 2.73. The Morgan fingerprint density at radius 1 is 1.19 bits per heavy atom. The van der Waals surface area contributed by atoms with Gasteiger partial charge in [-0.25, -0.2) is 0 Å². The summed E-state index contributed by atoms with van der Waals surface area (Å²) in [6, 6.07) is 13.2. The van der Waals surface area contributed by atoms with Gasteiger partial charge in [0.1, 0.15) is 0 Å². The standard InChI is InChI=1S/C18H20N2S/c1-3-13-9-11-21-18(13)17(19-4-2)15-7-8-16-14(12-15)6-5-10-20-16/h5-12,17,19H,3-4H2,1-2H3. The van der Waals surface area contributed by atoms with E-state index in [1.807, 2.05) is 23.6 Å². The van der Waals surface area contributed by atoms with Gasteiger partial charge in [0.25, 0.3) is 0 Å². The topological polar surface area (TPSA) is 24.9 Å². The summed E-state index contributed by atoms with van der Waals surface area (Å²) in [6.45, 7) is 5.34. The highest BCUT2D eigenvalue weighted by Gasteiger charge is 2.17. The van der Waals surface area contributed by atoms with Crippen LogP contribution < -0.4 is 5.32 Å². The number of nitrogens with zero attached hydrogens (tertiary/aromatic N) is 1. The highest BCUT2D eigenvalue weighted by Crippen LogP contribution is 2.31. The maximum atomic E-state index is 4.41. The number of rotatable bonds is 5. The number of pyridine rings is 1. The van der Waals surface area contributed by atoms with Crippen LogP contribution in [0.15, 0.2) is 48.0 Å². The van der Waals surface area contributed by atoms with Gasteiger partial charge in [0, 0.05) is 16.5 Å². The van der Waals surface area contributed by atoms with E-state index in [1.165, 1.54) is 21.4 Å². The van der Waals surface area contributed by atoms with Crippen molar-refractivity contribution in [2.75, 3.05) is 6.54 Å². The number of nitrogens with one attached hydrogen (secondary N) is 1. The van der Waals surface area contributed by atoms with Crippen molar-refractivity contribution in [2.45, 2.75) is 26.3 Å². The molecule has 1 aromatic carbocycles. The smallest absolute Gasteiger partial charge is 0.0702 e. The first-order chi connectivity index (χ1) is 10.3. The largest absolute Gasteiger partial charge is 0.306 e. The fourth-order valence-corrected chi connectivity index (χ4v) is 3.83. The summed E-state index contributed by atoms with van der Waals surface area (Å²) in [5, 5.41) is 7.03. The van der Waals surface area contributed by atoms with Gasteiger partial charge in [-0.05, 0) is 53.7 Å². The van der Waals surface area contributed by atoms with Gasteiger partial charge in [0.05, 0.1) is 11.6 Å². The van der Waals surface area contributed by atoms with Crippen LogP contribution in [-0.2, 0) is 6.42 Å². The molecular formula is C18H20N2S. The summed E-state index contributed by atoms with van der Waals surface area (Å²) in [6.07, 6.45) is 2.92. The summed E-state index contributed by atoms with van der Waals surface area (Å²) in [4.78, 5) is 5.84. The van der Waals surface area contributed by atoms with Gasteiger partial charge in [0.15, 0.2) is 0 Å². The first kappa shape index (κ1) is 14.2. The van der Waals surface area contributed by atoms with Gasteiger partial charge in [-0.2, -0.15) is 0 Å². The lowest BCUT2D eigenvalue weighted by Crippen LogP contribution is -2.22. The molecule has 21 heavy (non-hydrogen) atoms. The highest BCUT2D eigenvalue weighted by molar-refractivity contribution is 7.10. The van der Waals surface area contributed by atoms with Crippen LogP contribution in [-0.4, -0.2) is 11.5 Å². The molecule has 0 saturated carbocycles. The number of hydrogen-bond donors (Lipinski definition) is 1. The van der Waals surface area contributed by atoms with Crippen LogP contribution in [0.1, 0.15) is 35.9 Å². The normalized spacial score (nSPS) is 12.7. The average Bonchev–Trinajstić information content (AvgIpc) is 3.00. The molecule has 2 aromatic heterocycles. The summed E-state index contributed by atoms with van der Waals surface area (Å²) >= 11 is 1.84. The first-order valence-electron chi connectivity index (χ1n) is 7.47. The van der Waals surface area contributed by atoms with Gasteiger partial charge >= 0.3 is 0 Å². The molecule has 2 nitrogen and oxygen atoms in total.